The number of rotatable bonds is 6. The van der Waals surface area contributed by atoms with Crippen LogP contribution in [-0.2, 0) is 4.79 Å². The second kappa shape index (κ2) is 8.06. The first-order valence-electron chi connectivity index (χ1n) is 9.33. The Bertz CT molecular complexity index is 977. The molecule has 0 bridgehead atoms. The number of nitrogens with one attached hydrogen (secondary N) is 1. The van der Waals surface area contributed by atoms with Gasteiger partial charge in [0.1, 0.15) is 6.54 Å². The van der Waals surface area contributed by atoms with Gasteiger partial charge in [-0.2, -0.15) is 0 Å². The molecule has 3 aromatic rings. The van der Waals surface area contributed by atoms with Gasteiger partial charge >= 0.3 is 0 Å². The van der Waals surface area contributed by atoms with Crippen LogP contribution in [0.1, 0.15) is 37.9 Å². The van der Waals surface area contributed by atoms with Crippen LogP contribution in [0.3, 0.4) is 0 Å². The standard InChI is InChI=1S/C23H19N3O3/c27-21(15-26-22(28)17-10-4-5-11-18(17)23(26)29)25-14-19(16-8-2-1-3-9-16)20-12-6-7-13-24-20/h1-13,19H,14-15H2,(H,25,27). The van der Waals surface area contributed by atoms with Crippen molar-refractivity contribution in [3.63, 3.8) is 0 Å². The third kappa shape index (κ3) is 3.78. The van der Waals surface area contributed by atoms with Crippen LogP contribution in [-0.4, -0.2) is 40.7 Å². The molecule has 1 unspecified atom stereocenters. The number of hydrogen-bond donors (Lipinski definition) is 1. The number of benzene rings is 2. The molecular formula is C23H19N3O3. The summed E-state index contributed by atoms with van der Waals surface area (Å²) in [6, 6.07) is 22.0. The highest BCUT2D eigenvalue weighted by Gasteiger charge is 2.36. The number of hydrogen-bond acceptors (Lipinski definition) is 4. The molecule has 1 atom stereocenters. The van der Waals surface area contributed by atoms with E-state index < -0.39 is 17.7 Å². The summed E-state index contributed by atoms with van der Waals surface area (Å²) in [5, 5.41) is 2.85. The van der Waals surface area contributed by atoms with Gasteiger partial charge in [-0.25, -0.2) is 0 Å². The molecule has 1 aromatic heterocycles. The van der Waals surface area contributed by atoms with Crippen molar-refractivity contribution >= 4 is 17.7 Å². The van der Waals surface area contributed by atoms with Crippen LogP contribution in [0.2, 0.25) is 0 Å². The van der Waals surface area contributed by atoms with Gasteiger partial charge in [0.05, 0.1) is 11.1 Å². The van der Waals surface area contributed by atoms with Crippen molar-refractivity contribution in [2.24, 2.45) is 0 Å². The molecule has 0 saturated heterocycles. The fourth-order valence-corrected chi connectivity index (χ4v) is 3.46. The quantitative estimate of drug-likeness (QED) is 0.662. The molecule has 0 radical (unpaired) electrons. The lowest BCUT2D eigenvalue weighted by atomic mass is 9.95. The van der Waals surface area contributed by atoms with E-state index in [0.717, 1.165) is 16.2 Å². The lowest BCUT2D eigenvalue weighted by Crippen LogP contribution is -2.41. The van der Waals surface area contributed by atoms with Gasteiger partial charge in [0.2, 0.25) is 5.91 Å². The van der Waals surface area contributed by atoms with Crippen LogP contribution < -0.4 is 5.32 Å². The Morgan fingerprint density at radius 1 is 0.862 bits per heavy atom. The maximum atomic E-state index is 12.5. The smallest absolute Gasteiger partial charge is 0.262 e. The molecule has 4 rings (SSSR count). The minimum Gasteiger partial charge on any atom is -0.354 e. The van der Waals surface area contributed by atoms with Gasteiger partial charge in [0.25, 0.3) is 11.8 Å². The van der Waals surface area contributed by atoms with Gasteiger partial charge in [-0.1, -0.05) is 48.5 Å². The Kier molecular flexibility index (Phi) is 5.16. The normalized spacial score (nSPS) is 13.9. The average molecular weight is 385 g/mol. The minimum atomic E-state index is -0.440. The Balaban J connectivity index is 1.46. The van der Waals surface area contributed by atoms with Crippen molar-refractivity contribution in [1.82, 2.24) is 15.2 Å². The minimum absolute atomic E-state index is 0.136. The predicted molar refractivity (Wildman–Crippen MR) is 107 cm³/mol. The van der Waals surface area contributed by atoms with Crippen LogP contribution in [0.25, 0.3) is 0 Å². The third-order valence-electron chi connectivity index (χ3n) is 4.93. The van der Waals surface area contributed by atoms with Crippen molar-refractivity contribution in [3.05, 3.63) is 101 Å². The number of fused-ring (bicyclic) bond motifs is 1. The number of imide groups is 1. The molecule has 0 saturated carbocycles. The fraction of sp³-hybridized carbons (Fsp3) is 0.130. The van der Waals surface area contributed by atoms with E-state index in [9.17, 15) is 14.4 Å². The summed E-state index contributed by atoms with van der Waals surface area (Å²) in [5.74, 6) is -1.41. The van der Waals surface area contributed by atoms with Crippen molar-refractivity contribution in [2.75, 3.05) is 13.1 Å². The molecule has 2 heterocycles. The van der Waals surface area contributed by atoms with E-state index >= 15 is 0 Å². The number of nitrogens with zero attached hydrogens (tertiary/aromatic N) is 2. The van der Waals surface area contributed by atoms with Gasteiger partial charge in [-0.05, 0) is 29.8 Å². The number of carbonyl (C=O) groups is 3. The molecule has 3 amide bonds. The highest BCUT2D eigenvalue weighted by Crippen LogP contribution is 2.23. The van der Waals surface area contributed by atoms with Crippen molar-refractivity contribution in [2.45, 2.75) is 5.92 Å². The SMILES string of the molecule is O=C(CN1C(=O)c2ccccc2C1=O)NCC(c1ccccc1)c1ccccn1. The molecule has 0 aliphatic carbocycles. The molecule has 2 aromatic carbocycles. The molecule has 144 valence electrons. The Labute approximate surface area is 168 Å². The van der Waals surface area contributed by atoms with E-state index in [1.54, 1.807) is 30.5 Å². The van der Waals surface area contributed by atoms with Crippen LogP contribution in [0.4, 0.5) is 0 Å². The van der Waals surface area contributed by atoms with E-state index in [1.807, 2.05) is 48.5 Å². The summed E-state index contributed by atoms with van der Waals surface area (Å²) in [6.07, 6.45) is 1.71. The Morgan fingerprint density at radius 3 is 2.10 bits per heavy atom. The second-order valence-electron chi connectivity index (χ2n) is 6.76. The summed E-state index contributed by atoms with van der Waals surface area (Å²) in [5.41, 5.74) is 2.52. The molecule has 1 aliphatic rings. The highest BCUT2D eigenvalue weighted by molar-refractivity contribution is 6.22. The molecule has 29 heavy (non-hydrogen) atoms. The second-order valence-corrected chi connectivity index (χ2v) is 6.76. The van der Waals surface area contributed by atoms with Crippen LogP contribution in [0.5, 0.6) is 0 Å². The molecule has 0 spiro atoms. The van der Waals surface area contributed by atoms with Crippen LogP contribution in [0.15, 0.2) is 79.0 Å². The molecule has 6 nitrogen and oxygen atoms in total. The Hall–Kier alpha value is -3.80. The van der Waals surface area contributed by atoms with Gasteiger partial charge in [-0.15, -0.1) is 0 Å². The fourth-order valence-electron chi connectivity index (χ4n) is 3.46. The number of carbonyl (C=O) groups excluding carboxylic acids is 3. The van der Waals surface area contributed by atoms with Gasteiger partial charge in [0.15, 0.2) is 0 Å². The number of amides is 3. The van der Waals surface area contributed by atoms with Crippen molar-refractivity contribution in [3.8, 4) is 0 Å². The topological polar surface area (TPSA) is 79.4 Å². The van der Waals surface area contributed by atoms with Crippen LogP contribution in [0, 0.1) is 0 Å². The zero-order valence-electron chi connectivity index (χ0n) is 15.6. The van der Waals surface area contributed by atoms with Crippen LogP contribution >= 0.6 is 0 Å². The summed E-state index contributed by atoms with van der Waals surface area (Å²) in [4.78, 5) is 42.8. The van der Waals surface area contributed by atoms with Gasteiger partial charge < -0.3 is 5.32 Å². The highest BCUT2D eigenvalue weighted by atomic mass is 16.2. The van der Waals surface area contributed by atoms with Crippen molar-refractivity contribution < 1.29 is 14.4 Å². The summed E-state index contributed by atoms with van der Waals surface area (Å²) in [6.45, 7) is -0.000889. The average Bonchev–Trinajstić information content (AvgIpc) is 3.00. The van der Waals surface area contributed by atoms with E-state index in [4.69, 9.17) is 0 Å². The maximum Gasteiger partial charge on any atom is 0.262 e. The maximum absolute atomic E-state index is 12.5. The first-order chi connectivity index (χ1) is 14.1. The first kappa shape index (κ1) is 18.6. The molecule has 1 N–H and O–H groups in total. The van der Waals surface area contributed by atoms with E-state index in [2.05, 4.69) is 10.3 Å². The van der Waals surface area contributed by atoms with E-state index in [0.29, 0.717) is 17.7 Å². The monoisotopic (exact) mass is 385 g/mol. The first-order valence-corrected chi connectivity index (χ1v) is 9.33. The van der Waals surface area contributed by atoms with Crippen molar-refractivity contribution in [1.29, 1.82) is 0 Å². The summed E-state index contributed by atoms with van der Waals surface area (Å²) >= 11 is 0. The molecule has 0 fully saturated rings. The summed E-state index contributed by atoms with van der Waals surface area (Å²) in [7, 11) is 0. The number of pyridine rings is 1. The third-order valence-corrected chi connectivity index (χ3v) is 4.93. The Morgan fingerprint density at radius 2 is 1.48 bits per heavy atom. The molecular weight excluding hydrogens is 366 g/mol. The zero-order valence-corrected chi connectivity index (χ0v) is 15.6. The van der Waals surface area contributed by atoms with E-state index in [-0.39, 0.29) is 12.5 Å². The lowest BCUT2D eigenvalue weighted by Gasteiger charge is -2.19. The van der Waals surface area contributed by atoms with Gasteiger partial charge in [-0.3, -0.25) is 24.3 Å². The molecule has 1 aliphatic heterocycles. The predicted octanol–water partition coefficient (Wildman–Crippen LogP) is 2.63. The molecule has 6 heteroatoms. The zero-order chi connectivity index (χ0) is 20.2. The van der Waals surface area contributed by atoms with Gasteiger partial charge in [0, 0.05) is 24.4 Å². The van der Waals surface area contributed by atoms with E-state index in [1.165, 1.54) is 0 Å². The lowest BCUT2D eigenvalue weighted by molar-refractivity contribution is -0.121. The largest absolute Gasteiger partial charge is 0.354 e. The summed E-state index contributed by atoms with van der Waals surface area (Å²) < 4.78 is 0. The number of aromatic nitrogens is 1.